The second kappa shape index (κ2) is 6.35. The van der Waals surface area contributed by atoms with Crippen molar-refractivity contribution in [3.05, 3.63) is 24.0 Å². The van der Waals surface area contributed by atoms with Crippen molar-refractivity contribution in [3.63, 3.8) is 0 Å². The van der Waals surface area contributed by atoms with Gasteiger partial charge in [0.1, 0.15) is 5.75 Å². The molecule has 1 atom stereocenters. The number of pyridine rings is 1. The Morgan fingerprint density at radius 2 is 2.11 bits per heavy atom. The van der Waals surface area contributed by atoms with Crippen LogP contribution in [0.5, 0.6) is 5.75 Å². The van der Waals surface area contributed by atoms with Gasteiger partial charge in [0.2, 0.25) is 0 Å². The zero-order valence-corrected chi connectivity index (χ0v) is 12.1. The summed E-state index contributed by atoms with van der Waals surface area (Å²) >= 11 is 0. The van der Waals surface area contributed by atoms with Gasteiger partial charge in [0.25, 0.3) is 0 Å². The summed E-state index contributed by atoms with van der Waals surface area (Å²) < 4.78 is 11.4. The molecule has 1 N–H and O–H groups in total. The third kappa shape index (κ3) is 2.90. The summed E-state index contributed by atoms with van der Waals surface area (Å²) in [4.78, 5) is 4.29. The van der Waals surface area contributed by atoms with E-state index in [4.69, 9.17) is 9.47 Å². The van der Waals surface area contributed by atoms with Crippen LogP contribution >= 0.6 is 0 Å². The second-order valence-corrected chi connectivity index (χ2v) is 5.08. The Kier molecular flexibility index (Phi) is 4.77. The van der Waals surface area contributed by atoms with E-state index < -0.39 is 0 Å². The van der Waals surface area contributed by atoms with Crippen molar-refractivity contribution >= 4 is 0 Å². The van der Waals surface area contributed by atoms with Crippen molar-refractivity contribution in [2.45, 2.75) is 44.2 Å². The summed E-state index contributed by atoms with van der Waals surface area (Å²) in [5.74, 6) is 0.824. The van der Waals surface area contributed by atoms with Crippen LogP contribution in [0.25, 0.3) is 0 Å². The van der Waals surface area contributed by atoms with E-state index in [-0.39, 0.29) is 11.6 Å². The van der Waals surface area contributed by atoms with Crippen LogP contribution < -0.4 is 10.1 Å². The van der Waals surface area contributed by atoms with E-state index in [1.165, 1.54) is 12.8 Å². The fraction of sp³-hybridized carbons (Fsp3) is 0.667. The number of likely N-dealkylation sites (N-methyl/N-ethyl adjacent to an activating group) is 1. The van der Waals surface area contributed by atoms with Gasteiger partial charge in [-0.15, -0.1) is 0 Å². The molecule has 1 heterocycles. The van der Waals surface area contributed by atoms with Crippen LogP contribution in [-0.4, -0.2) is 31.3 Å². The van der Waals surface area contributed by atoms with Crippen LogP contribution in [0, 0.1) is 0 Å². The zero-order chi connectivity index (χ0) is 13.7. The maximum absolute atomic E-state index is 5.87. The van der Waals surface area contributed by atoms with Gasteiger partial charge >= 0.3 is 0 Å². The fourth-order valence-electron chi connectivity index (χ4n) is 3.16. The predicted molar refractivity (Wildman–Crippen MR) is 75.4 cm³/mol. The molecular formula is C15H24N2O2. The van der Waals surface area contributed by atoms with Gasteiger partial charge in [-0.05, 0) is 38.4 Å². The normalized spacial score (nSPS) is 19.3. The third-order valence-corrected chi connectivity index (χ3v) is 4.05. The molecule has 4 heteroatoms. The lowest BCUT2D eigenvalue weighted by molar-refractivity contribution is -0.0350. The van der Waals surface area contributed by atoms with Crippen LogP contribution in [0.1, 0.15) is 44.2 Å². The zero-order valence-electron chi connectivity index (χ0n) is 12.1. The highest BCUT2D eigenvalue weighted by molar-refractivity contribution is 5.28. The first-order valence-corrected chi connectivity index (χ1v) is 7.06. The van der Waals surface area contributed by atoms with Gasteiger partial charge < -0.3 is 14.8 Å². The molecule has 0 radical (unpaired) electrons. The molecule has 19 heavy (non-hydrogen) atoms. The smallest absolute Gasteiger partial charge is 0.137 e. The van der Waals surface area contributed by atoms with E-state index >= 15 is 0 Å². The Hall–Kier alpha value is -1.13. The second-order valence-electron chi connectivity index (χ2n) is 5.08. The average Bonchev–Trinajstić information content (AvgIpc) is 2.90. The van der Waals surface area contributed by atoms with E-state index in [9.17, 15) is 0 Å². The monoisotopic (exact) mass is 264 g/mol. The predicted octanol–water partition coefficient (Wildman–Crippen LogP) is 2.70. The van der Waals surface area contributed by atoms with Crippen molar-refractivity contribution in [2.75, 3.05) is 20.8 Å². The Morgan fingerprint density at radius 1 is 1.37 bits per heavy atom. The number of nitrogens with one attached hydrogen (secondary N) is 1. The minimum atomic E-state index is -0.110. The molecule has 1 saturated carbocycles. The van der Waals surface area contributed by atoms with Crippen molar-refractivity contribution in [2.24, 2.45) is 0 Å². The Balaban J connectivity index is 2.27. The number of hydrogen-bond donors (Lipinski definition) is 1. The molecule has 106 valence electrons. The maximum Gasteiger partial charge on any atom is 0.137 e. The van der Waals surface area contributed by atoms with Gasteiger partial charge in [-0.25, -0.2) is 0 Å². The van der Waals surface area contributed by atoms with Gasteiger partial charge in [-0.2, -0.15) is 0 Å². The molecule has 0 saturated heterocycles. The van der Waals surface area contributed by atoms with Crippen molar-refractivity contribution in [3.8, 4) is 5.75 Å². The number of hydrogen-bond acceptors (Lipinski definition) is 4. The standard InChI is InChI=1S/C15H24N2O2/c1-4-19-13-9-12(10-17-11-13)14(16-2)15(18-3)7-5-6-8-15/h9-11,14,16H,4-8H2,1-3H3. The Morgan fingerprint density at radius 3 is 2.68 bits per heavy atom. The average molecular weight is 264 g/mol. The summed E-state index contributed by atoms with van der Waals surface area (Å²) in [6, 6.07) is 2.23. The molecule has 1 fully saturated rings. The van der Waals surface area contributed by atoms with E-state index in [0.717, 1.165) is 24.2 Å². The Bertz CT molecular complexity index is 403. The highest BCUT2D eigenvalue weighted by Gasteiger charge is 2.41. The third-order valence-electron chi connectivity index (χ3n) is 4.05. The summed E-state index contributed by atoms with van der Waals surface area (Å²) in [5, 5.41) is 3.40. The number of methoxy groups -OCH3 is 1. The van der Waals surface area contributed by atoms with Crippen LogP contribution in [-0.2, 0) is 4.74 Å². The molecule has 0 aromatic carbocycles. The van der Waals surface area contributed by atoms with Gasteiger partial charge in [-0.3, -0.25) is 4.98 Å². The minimum absolute atomic E-state index is 0.110. The molecule has 0 spiro atoms. The molecule has 1 aliphatic rings. The number of nitrogens with zero attached hydrogens (tertiary/aromatic N) is 1. The molecule has 1 aliphatic carbocycles. The number of rotatable bonds is 6. The first-order chi connectivity index (χ1) is 9.25. The lowest BCUT2D eigenvalue weighted by atomic mass is 9.87. The molecule has 0 amide bonds. The van der Waals surface area contributed by atoms with Gasteiger partial charge in [0.15, 0.2) is 0 Å². The van der Waals surface area contributed by atoms with Crippen LogP contribution in [0.15, 0.2) is 18.5 Å². The largest absolute Gasteiger partial charge is 0.492 e. The van der Waals surface area contributed by atoms with E-state index in [2.05, 4.69) is 16.4 Å². The molecule has 1 aromatic rings. The highest BCUT2D eigenvalue weighted by atomic mass is 16.5. The van der Waals surface area contributed by atoms with Crippen LogP contribution in [0.2, 0.25) is 0 Å². The van der Waals surface area contributed by atoms with Crippen molar-refractivity contribution in [1.82, 2.24) is 10.3 Å². The Labute approximate surface area is 115 Å². The highest BCUT2D eigenvalue weighted by Crippen LogP contribution is 2.42. The first-order valence-electron chi connectivity index (χ1n) is 7.06. The van der Waals surface area contributed by atoms with E-state index in [1.807, 2.05) is 27.3 Å². The van der Waals surface area contributed by atoms with Gasteiger partial charge in [0, 0.05) is 13.3 Å². The lowest BCUT2D eigenvalue weighted by Gasteiger charge is -2.36. The maximum atomic E-state index is 5.87. The summed E-state index contributed by atoms with van der Waals surface area (Å²) in [6.45, 7) is 2.64. The first kappa shape index (κ1) is 14.3. The topological polar surface area (TPSA) is 43.4 Å². The summed E-state index contributed by atoms with van der Waals surface area (Å²) in [5.41, 5.74) is 1.03. The molecule has 1 unspecified atom stereocenters. The van der Waals surface area contributed by atoms with Crippen LogP contribution in [0.3, 0.4) is 0 Å². The van der Waals surface area contributed by atoms with Crippen LogP contribution in [0.4, 0.5) is 0 Å². The number of aromatic nitrogens is 1. The van der Waals surface area contributed by atoms with Crippen molar-refractivity contribution in [1.29, 1.82) is 0 Å². The molecule has 0 bridgehead atoms. The summed E-state index contributed by atoms with van der Waals surface area (Å²) in [7, 11) is 3.80. The molecule has 2 rings (SSSR count). The minimum Gasteiger partial charge on any atom is -0.492 e. The van der Waals surface area contributed by atoms with Gasteiger partial charge in [-0.1, -0.05) is 12.8 Å². The van der Waals surface area contributed by atoms with E-state index in [0.29, 0.717) is 6.61 Å². The molecular weight excluding hydrogens is 240 g/mol. The van der Waals surface area contributed by atoms with Crippen molar-refractivity contribution < 1.29 is 9.47 Å². The molecule has 0 aliphatic heterocycles. The molecule has 4 nitrogen and oxygen atoms in total. The fourth-order valence-corrected chi connectivity index (χ4v) is 3.16. The number of ether oxygens (including phenoxy) is 2. The molecule has 1 aromatic heterocycles. The summed E-state index contributed by atoms with van der Waals surface area (Å²) in [6.07, 6.45) is 8.30. The quantitative estimate of drug-likeness (QED) is 0.858. The lowest BCUT2D eigenvalue weighted by Crippen LogP contribution is -2.42. The SMILES string of the molecule is CCOc1cncc(C(NC)C2(OC)CCCC2)c1. The van der Waals surface area contributed by atoms with E-state index in [1.54, 1.807) is 6.20 Å². The van der Waals surface area contributed by atoms with Gasteiger partial charge in [0.05, 0.1) is 24.4 Å².